The molecule has 0 bridgehead atoms. The molecule has 3 aromatic rings. The van der Waals surface area contributed by atoms with Crippen LogP contribution in [0.4, 0.5) is 5.69 Å². The van der Waals surface area contributed by atoms with Crippen molar-refractivity contribution in [2.45, 2.75) is 0 Å². The van der Waals surface area contributed by atoms with Gasteiger partial charge in [-0.05, 0) is 64.5 Å². The van der Waals surface area contributed by atoms with Gasteiger partial charge >= 0.3 is 0 Å². The van der Waals surface area contributed by atoms with E-state index in [0.717, 1.165) is 0 Å². The van der Waals surface area contributed by atoms with Crippen LogP contribution in [0.5, 0.6) is 5.75 Å². The zero-order valence-electron chi connectivity index (χ0n) is 14.6. The first-order chi connectivity index (χ1) is 13.5. The number of hydrogen-bond acceptors (Lipinski definition) is 4. The predicted octanol–water partition coefficient (Wildman–Crippen LogP) is 4.17. The number of carbonyl (C=O) groups excluding carboxylic acids is 2. The third-order valence-electron chi connectivity index (χ3n) is 3.83. The predicted molar refractivity (Wildman–Crippen MR) is 112 cm³/mol. The van der Waals surface area contributed by atoms with Crippen LogP contribution in [0.1, 0.15) is 26.3 Å². The van der Waals surface area contributed by atoms with Gasteiger partial charge in [0.15, 0.2) is 0 Å². The van der Waals surface area contributed by atoms with Crippen LogP contribution in [0, 0.1) is 0 Å². The molecule has 0 aromatic heterocycles. The van der Waals surface area contributed by atoms with Gasteiger partial charge in [0, 0.05) is 21.3 Å². The smallest absolute Gasteiger partial charge is 0.271 e. The third kappa shape index (κ3) is 4.83. The number of carbonyl (C=O) groups is 2. The van der Waals surface area contributed by atoms with Crippen molar-refractivity contribution in [3.8, 4) is 5.75 Å². The number of hydrazone groups is 1. The first-order valence-corrected chi connectivity index (χ1v) is 9.11. The normalized spacial score (nSPS) is 10.6. The number of nitrogens with one attached hydrogen (secondary N) is 2. The average molecular weight is 438 g/mol. The number of nitrogens with zero attached hydrogens (tertiary/aromatic N) is 1. The highest BCUT2D eigenvalue weighted by Gasteiger charge is 2.10. The highest BCUT2D eigenvalue weighted by atomic mass is 79.9. The van der Waals surface area contributed by atoms with Crippen molar-refractivity contribution in [2.24, 2.45) is 5.10 Å². The van der Waals surface area contributed by atoms with Crippen LogP contribution in [0.15, 0.2) is 82.4 Å². The summed E-state index contributed by atoms with van der Waals surface area (Å²) in [6, 6.07) is 20.2. The monoisotopic (exact) mass is 437 g/mol. The molecule has 0 fully saturated rings. The largest absolute Gasteiger partial charge is 0.507 e. The third-order valence-corrected chi connectivity index (χ3v) is 4.52. The number of anilines is 1. The number of para-hydroxylation sites is 1. The first kappa shape index (κ1) is 19.3. The second-order valence-corrected chi connectivity index (χ2v) is 6.62. The number of halogens is 1. The van der Waals surface area contributed by atoms with Crippen molar-refractivity contribution in [3.63, 3.8) is 0 Å². The fourth-order valence-electron chi connectivity index (χ4n) is 2.37. The summed E-state index contributed by atoms with van der Waals surface area (Å²) in [5.41, 5.74) is 4.35. The van der Waals surface area contributed by atoms with Gasteiger partial charge in [-0.1, -0.05) is 24.3 Å². The highest BCUT2D eigenvalue weighted by Crippen LogP contribution is 2.18. The van der Waals surface area contributed by atoms with E-state index in [1.165, 1.54) is 12.3 Å². The van der Waals surface area contributed by atoms with E-state index in [4.69, 9.17) is 0 Å². The van der Waals surface area contributed by atoms with Gasteiger partial charge in [-0.2, -0.15) is 5.10 Å². The molecule has 28 heavy (non-hydrogen) atoms. The van der Waals surface area contributed by atoms with Crippen LogP contribution < -0.4 is 10.7 Å². The molecule has 3 rings (SSSR count). The minimum absolute atomic E-state index is 0.0747. The van der Waals surface area contributed by atoms with Crippen molar-refractivity contribution in [1.82, 2.24) is 5.43 Å². The van der Waals surface area contributed by atoms with E-state index in [1.54, 1.807) is 60.7 Å². The fraction of sp³-hybridized carbons (Fsp3) is 0. The van der Waals surface area contributed by atoms with Crippen LogP contribution in [-0.4, -0.2) is 23.1 Å². The standard InChI is InChI=1S/C21H16BrN3O3/c22-18-7-3-2-6-17(18)21(28)24-16-11-9-14(10-12-16)20(27)25-23-13-15-5-1-4-8-19(15)26/h1-13,26H,(H,24,28)(H,25,27)/b23-13-. The number of phenolic OH excluding ortho intramolecular Hbond substituents is 1. The lowest BCUT2D eigenvalue weighted by atomic mass is 10.1. The second kappa shape index (κ2) is 8.96. The fourth-order valence-corrected chi connectivity index (χ4v) is 2.84. The Kier molecular flexibility index (Phi) is 6.18. The topological polar surface area (TPSA) is 90.8 Å². The number of amides is 2. The summed E-state index contributed by atoms with van der Waals surface area (Å²) in [4.78, 5) is 24.4. The lowest BCUT2D eigenvalue weighted by molar-refractivity contribution is 0.0954. The Morgan fingerprint density at radius 1 is 0.893 bits per heavy atom. The molecule has 0 radical (unpaired) electrons. The summed E-state index contributed by atoms with van der Waals surface area (Å²) >= 11 is 3.34. The Labute approximate surface area is 170 Å². The summed E-state index contributed by atoms with van der Waals surface area (Å²) in [5, 5.41) is 16.3. The minimum atomic E-state index is -0.407. The number of aromatic hydroxyl groups is 1. The van der Waals surface area contributed by atoms with Gasteiger partial charge in [-0.3, -0.25) is 9.59 Å². The molecule has 0 heterocycles. The second-order valence-electron chi connectivity index (χ2n) is 5.77. The summed E-state index contributed by atoms with van der Waals surface area (Å²) in [5.74, 6) is -0.585. The maximum Gasteiger partial charge on any atom is 0.271 e. The summed E-state index contributed by atoms with van der Waals surface area (Å²) in [7, 11) is 0. The Bertz CT molecular complexity index is 1030. The molecular formula is C21H16BrN3O3. The van der Waals surface area contributed by atoms with Gasteiger partial charge in [0.25, 0.3) is 11.8 Å². The van der Waals surface area contributed by atoms with E-state index < -0.39 is 5.91 Å². The SMILES string of the molecule is O=C(N/N=C\c1ccccc1O)c1ccc(NC(=O)c2ccccc2Br)cc1. The van der Waals surface area contributed by atoms with Crippen LogP contribution in [0.25, 0.3) is 0 Å². The van der Waals surface area contributed by atoms with Crippen molar-refractivity contribution >= 4 is 39.6 Å². The van der Waals surface area contributed by atoms with E-state index in [9.17, 15) is 14.7 Å². The zero-order valence-corrected chi connectivity index (χ0v) is 16.2. The number of rotatable bonds is 5. The molecule has 0 spiro atoms. The average Bonchev–Trinajstić information content (AvgIpc) is 2.70. The van der Waals surface area contributed by atoms with Gasteiger partial charge in [0.2, 0.25) is 0 Å². The quantitative estimate of drug-likeness (QED) is 0.413. The molecule has 0 aliphatic carbocycles. The molecule has 7 heteroatoms. The van der Waals surface area contributed by atoms with E-state index >= 15 is 0 Å². The Morgan fingerprint density at radius 2 is 1.57 bits per heavy atom. The molecule has 0 aliphatic heterocycles. The Morgan fingerprint density at radius 3 is 2.29 bits per heavy atom. The van der Waals surface area contributed by atoms with Gasteiger partial charge in [-0.25, -0.2) is 5.43 Å². The maximum atomic E-state index is 12.3. The molecule has 0 saturated heterocycles. The molecule has 3 aromatic carbocycles. The van der Waals surface area contributed by atoms with E-state index in [0.29, 0.717) is 26.9 Å². The number of phenols is 1. The molecular weight excluding hydrogens is 422 g/mol. The minimum Gasteiger partial charge on any atom is -0.507 e. The lowest BCUT2D eigenvalue weighted by Gasteiger charge is -2.07. The van der Waals surface area contributed by atoms with Crippen molar-refractivity contribution < 1.29 is 14.7 Å². The molecule has 0 aliphatic rings. The summed E-state index contributed by atoms with van der Waals surface area (Å²) in [6.45, 7) is 0. The van der Waals surface area contributed by atoms with Gasteiger partial charge in [0.1, 0.15) is 5.75 Å². The molecule has 6 nitrogen and oxygen atoms in total. The molecule has 0 unspecified atom stereocenters. The van der Waals surface area contributed by atoms with Crippen LogP contribution in [-0.2, 0) is 0 Å². The van der Waals surface area contributed by atoms with E-state index in [1.807, 2.05) is 6.07 Å². The molecule has 2 amide bonds. The van der Waals surface area contributed by atoms with Crippen molar-refractivity contribution in [1.29, 1.82) is 0 Å². The lowest BCUT2D eigenvalue weighted by Crippen LogP contribution is -2.18. The molecule has 0 saturated carbocycles. The molecule has 3 N–H and O–H groups in total. The van der Waals surface area contributed by atoms with E-state index in [2.05, 4.69) is 31.8 Å². The zero-order chi connectivity index (χ0) is 19.9. The Hall–Kier alpha value is -3.45. The molecule has 140 valence electrons. The van der Waals surface area contributed by atoms with Gasteiger partial charge in [0.05, 0.1) is 11.8 Å². The highest BCUT2D eigenvalue weighted by molar-refractivity contribution is 9.10. The number of hydrogen-bond donors (Lipinski definition) is 3. The van der Waals surface area contributed by atoms with E-state index in [-0.39, 0.29) is 11.7 Å². The molecule has 0 atom stereocenters. The first-order valence-electron chi connectivity index (χ1n) is 8.32. The van der Waals surface area contributed by atoms with Gasteiger partial charge in [-0.15, -0.1) is 0 Å². The summed E-state index contributed by atoms with van der Waals surface area (Å²) in [6.07, 6.45) is 1.36. The van der Waals surface area contributed by atoms with Crippen LogP contribution >= 0.6 is 15.9 Å². The Balaban J connectivity index is 1.61. The van der Waals surface area contributed by atoms with Gasteiger partial charge < -0.3 is 10.4 Å². The number of benzene rings is 3. The van der Waals surface area contributed by atoms with Crippen LogP contribution in [0.2, 0.25) is 0 Å². The maximum absolute atomic E-state index is 12.3. The van der Waals surface area contributed by atoms with Crippen molar-refractivity contribution in [2.75, 3.05) is 5.32 Å². The van der Waals surface area contributed by atoms with Crippen LogP contribution in [0.3, 0.4) is 0 Å². The summed E-state index contributed by atoms with van der Waals surface area (Å²) < 4.78 is 0.700. The van der Waals surface area contributed by atoms with Crippen molar-refractivity contribution in [3.05, 3.63) is 94.0 Å².